The van der Waals surface area contributed by atoms with Crippen LogP contribution in [0.4, 0.5) is 10.1 Å². The number of hydrogen-bond donors (Lipinski definition) is 1. The van der Waals surface area contributed by atoms with Crippen LogP contribution in [0.2, 0.25) is 0 Å². The molecule has 1 atom stereocenters. The van der Waals surface area contributed by atoms with Crippen LogP contribution >= 0.6 is 0 Å². The first kappa shape index (κ1) is 15.0. The maximum Gasteiger partial charge on any atom is 0.323 e. The molecule has 0 heterocycles. The molecule has 0 aliphatic carbocycles. The van der Waals surface area contributed by atoms with E-state index >= 15 is 0 Å². The number of para-hydroxylation sites is 1. The zero-order chi connectivity index (χ0) is 15.2. The number of carbonyl (C=O) groups is 1. The summed E-state index contributed by atoms with van der Waals surface area (Å²) in [6.45, 7) is 1.79. The van der Waals surface area contributed by atoms with Crippen molar-refractivity contribution in [3.8, 4) is 0 Å². The van der Waals surface area contributed by atoms with Gasteiger partial charge in [0.1, 0.15) is 12.4 Å². The number of nitrogens with zero attached hydrogens (tertiary/aromatic N) is 1. The number of carboxylic acids is 1. The lowest BCUT2D eigenvalue weighted by Crippen LogP contribution is -2.38. The van der Waals surface area contributed by atoms with Crippen molar-refractivity contribution in [1.29, 1.82) is 0 Å². The lowest BCUT2D eigenvalue weighted by atomic mass is 10.0. The van der Waals surface area contributed by atoms with Gasteiger partial charge in [0.2, 0.25) is 0 Å². The zero-order valence-corrected chi connectivity index (χ0v) is 11.9. The van der Waals surface area contributed by atoms with Crippen LogP contribution in [0.15, 0.2) is 54.6 Å². The fourth-order valence-corrected chi connectivity index (χ4v) is 2.36. The quantitative estimate of drug-likeness (QED) is 0.885. The van der Waals surface area contributed by atoms with Crippen LogP contribution in [0.5, 0.6) is 0 Å². The molecule has 3 nitrogen and oxygen atoms in total. The molecule has 0 amide bonds. The Morgan fingerprint density at radius 3 is 2.38 bits per heavy atom. The number of carboxylic acid groups (broad SMARTS) is 1. The lowest BCUT2D eigenvalue weighted by Gasteiger charge is -2.30. The van der Waals surface area contributed by atoms with Crippen LogP contribution in [0.1, 0.15) is 12.5 Å². The predicted molar refractivity (Wildman–Crippen MR) is 81.0 cm³/mol. The Morgan fingerprint density at radius 2 is 1.76 bits per heavy atom. The van der Waals surface area contributed by atoms with Crippen LogP contribution in [0.3, 0.4) is 0 Å². The molecule has 0 aromatic heterocycles. The van der Waals surface area contributed by atoms with Gasteiger partial charge in [-0.05, 0) is 37.1 Å². The minimum Gasteiger partial charge on any atom is -0.480 e. The molecular weight excluding hydrogens is 269 g/mol. The van der Waals surface area contributed by atoms with Gasteiger partial charge in [0.25, 0.3) is 0 Å². The summed E-state index contributed by atoms with van der Waals surface area (Å²) in [4.78, 5) is 12.9. The first-order valence-electron chi connectivity index (χ1n) is 6.85. The number of aliphatic carboxylic acids is 1. The Morgan fingerprint density at radius 1 is 1.14 bits per heavy atom. The largest absolute Gasteiger partial charge is 0.480 e. The van der Waals surface area contributed by atoms with E-state index in [-0.39, 0.29) is 18.4 Å². The maximum absolute atomic E-state index is 13.7. The third-order valence-corrected chi connectivity index (χ3v) is 3.40. The summed E-state index contributed by atoms with van der Waals surface area (Å²) in [5.74, 6) is -1.16. The van der Waals surface area contributed by atoms with Crippen molar-refractivity contribution in [2.75, 3.05) is 11.4 Å². The molecule has 2 rings (SSSR count). The summed E-state index contributed by atoms with van der Waals surface area (Å²) in [6.07, 6.45) is 0.453. The van der Waals surface area contributed by atoms with Crippen molar-refractivity contribution in [3.63, 3.8) is 0 Å². The Kier molecular flexibility index (Phi) is 4.93. The number of benzene rings is 2. The molecule has 1 N–H and O–H groups in total. The summed E-state index contributed by atoms with van der Waals surface area (Å²) in [5, 5.41) is 9.10. The molecule has 4 heteroatoms. The first-order valence-corrected chi connectivity index (χ1v) is 6.85. The summed E-state index contributed by atoms with van der Waals surface area (Å²) in [6, 6.07) is 15.8. The monoisotopic (exact) mass is 287 g/mol. The standard InChI is InChI=1S/C17H18FNO2/c1-13(11-14-7-5-6-10-16(14)18)19(12-17(20)21)15-8-3-2-4-9-15/h2-10,13H,11-12H2,1H3,(H,20,21). The second kappa shape index (κ2) is 6.88. The van der Waals surface area contributed by atoms with Gasteiger partial charge in [-0.3, -0.25) is 4.79 Å². The van der Waals surface area contributed by atoms with Gasteiger partial charge in [-0.15, -0.1) is 0 Å². The summed E-state index contributed by atoms with van der Waals surface area (Å²) in [7, 11) is 0. The topological polar surface area (TPSA) is 40.5 Å². The van der Waals surface area contributed by atoms with Gasteiger partial charge >= 0.3 is 5.97 Å². The van der Waals surface area contributed by atoms with E-state index in [4.69, 9.17) is 5.11 Å². The van der Waals surface area contributed by atoms with E-state index in [1.807, 2.05) is 37.3 Å². The molecule has 0 fully saturated rings. The number of rotatable bonds is 6. The fraction of sp³-hybridized carbons (Fsp3) is 0.235. The highest BCUT2D eigenvalue weighted by Crippen LogP contribution is 2.19. The Labute approximate surface area is 123 Å². The van der Waals surface area contributed by atoms with E-state index < -0.39 is 5.97 Å². The predicted octanol–water partition coefficient (Wildman–Crippen LogP) is 3.35. The minimum absolute atomic E-state index is 0.111. The van der Waals surface area contributed by atoms with E-state index in [1.165, 1.54) is 6.07 Å². The van der Waals surface area contributed by atoms with Crippen LogP contribution in [-0.2, 0) is 11.2 Å². The van der Waals surface area contributed by atoms with Gasteiger partial charge < -0.3 is 10.0 Å². The summed E-state index contributed by atoms with van der Waals surface area (Å²) in [5.41, 5.74) is 1.42. The van der Waals surface area contributed by atoms with Gasteiger partial charge in [0.15, 0.2) is 0 Å². The van der Waals surface area contributed by atoms with Gasteiger partial charge in [0.05, 0.1) is 0 Å². The van der Waals surface area contributed by atoms with Crippen molar-refractivity contribution in [1.82, 2.24) is 0 Å². The van der Waals surface area contributed by atoms with E-state index in [0.717, 1.165) is 5.69 Å². The van der Waals surface area contributed by atoms with E-state index in [2.05, 4.69) is 0 Å². The molecule has 21 heavy (non-hydrogen) atoms. The van der Waals surface area contributed by atoms with Crippen LogP contribution in [0.25, 0.3) is 0 Å². The van der Waals surface area contributed by atoms with E-state index in [9.17, 15) is 9.18 Å². The number of hydrogen-bond acceptors (Lipinski definition) is 2. The van der Waals surface area contributed by atoms with Crippen LogP contribution in [-0.4, -0.2) is 23.7 Å². The molecule has 0 aliphatic heterocycles. The van der Waals surface area contributed by atoms with Crippen molar-refractivity contribution in [2.45, 2.75) is 19.4 Å². The van der Waals surface area contributed by atoms with E-state index in [0.29, 0.717) is 12.0 Å². The molecule has 110 valence electrons. The maximum atomic E-state index is 13.7. The molecule has 0 saturated carbocycles. The van der Waals surface area contributed by atoms with Gasteiger partial charge in [-0.2, -0.15) is 0 Å². The fourth-order valence-electron chi connectivity index (χ4n) is 2.36. The molecule has 0 spiro atoms. The van der Waals surface area contributed by atoms with Crippen molar-refractivity contribution in [2.24, 2.45) is 0 Å². The van der Waals surface area contributed by atoms with Crippen LogP contribution in [0, 0.1) is 5.82 Å². The summed E-state index contributed by atoms with van der Waals surface area (Å²) < 4.78 is 13.7. The highest BCUT2D eigenvalue weighted by Gasteiger charge is 2.18. The average molecular weight is 287 g/mol. The smallest absolute Gasteiger partial charge is 0.323 e. The van der Waals surface area contributed by atoms with Crippen LogP contribution < -0.4 is 4.90 Å². The number of halogens is 1. The van der Waals surface area contributed by atoms with Crippen molar-refractivity contribution in [3.05, 3.63) is 66.0 Å². The van der Waals surface area contributed by atoms with Gasteiger partial charge in [0, 0.05) is 11.7 Å². The molecule has 0 bridgehead atoms. The molecule has 2 aromatic rings. The van der Waals surface area contributed by atoms with Crippen molar-refractivity contribution >= 4 is 11.7 Å². The third-order valence-electron chi connectivity index (χ3n) is 3.40. The average Bonchev–Trinajstić information content (AvgIpc) is 2.48. The molecular formula is C17H18FNO2. The minimum atomic E-state index is -0.903. The number of anilines is 1. The third kappa shape index (κ3) is 4.05. The Balaban J connectivity index is 2.20. The Bertz CT molecular complexity index is 601. The van der Waals surface area contributed by atoms with E-state index in [1.54, 1.807) is 23.1 Å². The van der Waals surface area contributed by atoms with Gasteiger partial charge in [-0.1, -0.05) is 36.4 Å². The van der Waals surface area contributed by atoms with Crippen molar-refractivity contribution < 1.29 is 14.3 Å². The molecule has 2 aromatic carbocycles. The SMILES string of the molecule is CC(Cc1ccccc1F)N(CC(=O)O)c1ccccc1. The highest BCUT2D eigenvalue weighted by atomic mass is 19.1. The molecule has 1 unspecified atom stereocenters. The second-order valence-corrected chi connectivity index (χ2v) is 5.00. The molecule has 0 radical (unpaired) electrons. The first-order chi connectivity index (χ1) is 10.1. The Hall–Kier alpha value is -2.36. The molecule has 0 saturated heterocycles. The van der Waals surface area contributed by atoms with Gasteiger partial charge in [-0.25, -0.2) is 4.39 Å². The second-order valence-electron chi connectivity index (χ2n) is 5.00. The summed E-state index contributed by atoms with van der Waals surface area (Å²) >= 11 is 0. The molecule has 0 aliphatic rings. The normalized spacial score (nSPS) is 11.9. The lowest BCUT2D eigenvalue weighted by molar-refractivity contribution is -0.135. The highest BCUT2D eigenvalue weighted by molar-refractivity contribution is 5.74. The zero-order valence-electron chi connectivity index (χ0n) is 11.9.